The Morgan fingerprint density at radius 1 is 1.36 bits per heavy atom. The lowest BCUT2D eigenvalue weighted by Crippen LogP contribution is -2.51. The zero-order chi connectivity index (χ0) is 15.9. The molecule has 22 heavy (non-hydrogen) atoms. The molecule has 1 fully saturated rings. The molecule has 0 saturated carbocycles. The molecule has 1 aliphatic rings. The van der Waals surface area contributed by atoms with E-state index in [1.54, 1.807) is 14.2 Å². The normalized spacial score (nSPS) is 17.5. The molecular weight excluding hydrogens is 304 g/mol. The van der Waals surface area contributed by atoms with E-state index < -0.39 is 6.04 Å². The number of hydrogen-bond acceptors (Lipinski definition) is 5. The van der Waals surface area contributed by atoms with Crippen LogP contribution >= 0.6 is 11.8 Å². The molecule has 2 amide bonds. The Morgan fingerprint density at radius 3 is 2.82 bits per heavy atom. The zero-order valence-corrected chi connectivity index (χ0v) is 13.5. The Morgan fingerprint density at radius 2 is 2.14 bits per heavy atom. The van der Waals surface area contributed by atoms with Crippen LogP contribution in [-0.2, 0) is 16.0 Å². The van der Waals surface area contributed by atoms with Gasteiger partial charge in [-0.05, 0) is 24.1 Å². The predicted molar refractivity (Wildman–Crippen MR) is 85.5 cm³/mol. The Kier molecular flexibility index (Phi) is 5.94. The van der Waals surface area contributed by atoms with Gasteiger partial charge in [0.15, 0.2) is 11.5 Å². The van der Waals surface area contributed by atoms with Crippen LogP contribution in [0.1, 0.15) is 5.56 Å². The van der Waals surface area contributed by atoms with Gasteiger partial charge in [0.25, 0.3) is 0 Å². The van der Waals surface area contributed by atoms with Gasteiger partial charge in [-0.25, -0.2) is 0 Å². The van der Waals surface area contributed by atoms with E-state index in [1.165, 1.54) is 11.8 Å². The van der Waals surface area contributed by atoms with Crippen LogP contribution in [0.4, 0.5) is 0 Å². The molecule has 1 saturated heterocycles. The first-order chi connectivity index (χ1) is 10.6. The summed E-state index contributed by atoms with van der Waals surface area (Å²) >= 11 is 1.48. The summed E-state index contributed by atoms with van der Waals surface area (Å²) < 4.78 is 10.4. The first kappa shape index (κ1) is 16.5. The van der Waals surface area contributed by atoms with E-state index in [9.17, 15) is 9.59 Å². The number of nitrogens with one attached hydrogen (secondary N) is 2. The van der Waals surface area contributed by atoms with Crippen LogP contribution in [0, 0.1) is 0 Å². The summed E-state index contributed by atoms with van der Waals surface area (Å²) in [6.07, 6.45) is 0.680. The van der Waals surface area contributed by atoms with Crippen molar-refractivity contribution in [3.8, 4) is 11.5 Å². The molecule has 0 bridgehead atoms. The standard InChI is InChI=1S/C15H20N2O4S/c1-20-12-4-3-10(7-13(12)21-2)5-6-16-15(19)11-8-22-9-14(18)17-11/h3-4,7,11H,5-6,8-9H2,1-2H3,(H,16,19)(H,17,18). The molecule has 2 N–H and O–H groups in total. The minimum Gasteiger partial charge on any atom is -0.493 e. The SMILES string of the molecule is COc1ccc(CCNC(=O)C2CSCC(=O)N2)cc1OC. The van der Waals surface area contributed by atoms with Crippen molar-refractivity contribution in [3.05, 3.63) is 23.8 Å². The smallest absolute Gasteiger partial charge is 0.243 e. The van der Waals surface area contributed by atoms with E-state index in [4.69, 9.17) is 9.47 Å². The number of thioether (sulfide) groups is 1. The zero-order valence-electron chi connectivity index (χ0n) is 12.7. The number of rotatable bonds is 6. The summed E-state index contributed by atoms with van der Waals surface area (Å²) in [4.78, 5) is 23.2. The summed E-state index contributed by atoms with van der Waals surface area (Å²) in [7, 11) is 3.18. The van der Waals surface area contributed by atoms with E-state index >= 15 is 0 Å². The van der Waals surface area contributed by atoms with Crippen molar-refractivity contribution >= 4 is 23.6 Å². The van der Waals surface area contributed by atoms with Crippen molar-refractivity contribution in [2.24, 2.45) is 0 Å². The topological polar surface area (TPSA) is 76.7 Å². The number of methoxy groups -OCH3 is 2. The molecule has 6 nitrogen and oxygen atoms in total. The first-order valence-electron chi connectivity index (χ1n) is 6.99. The molecule has 0 aliphatic carbocycles. The van der Waals surface area contributed by atoms with E-state index in [0.717, 1.165) is 5.56 Å². The highest BCUT2D eigenvalue weighted by molar-refractivity contribution is 8.00. The molecule has 1 aromatic carbocycles. The van der Waals surface area contributed by atoms with Crippen LogP contribution in [-0.4, -0.2) is 50.1 Å². The van der Waals surface area contributed by atoms with Gasteiger partial charge in [-0.15, -0.1) is 11.8 Å². The first-order valence-corrected chi connectivity index (χ1v) is 8.15. The molecule has 0 radical (unpaired) electrons. The number of benzene rings is 1. The minimum atomic E-state index is -0.434. The quantitative estimate of drug-likeness (QED) is 0.801. The molecule has 1 aliphatic heterocycles. The predicted octanol–water partition coefficient (Wildman–Crippen LogP) is 0.594. The highest BCUT2D eigenvalue weighted by Gasteiger charge is 2.24. The van der Waals surface area contributed by atoms with E-state index in [-0.39, 0.29) is 11.8 Å². The highest BCUT2D eigenvalue weighted by Crippen LogP contribution is 2.27. The van der Waals surface area contributed by atoms with Crippen LogP contribution < -0.4 is 20.1 Å². The Labute approximate surface area is 133 Å². The average Bonchev–Trinajstić information content (AvgIpc) is 2.54. The van der Waals surface area contributed by atoms with Gasteiger partial charge < -0.3 is 20.1 Å². The summed E-state index contributed by atoms with van der Waals surface area (Å²) in [5.41, 5.74) is 1.04. The van der Waals surface area contributed by atoms with Crippen LogP contribution in [0.3, 0.4) is 0 Å². The largest absolute Gasteiger partial charge is 0.493 e. The molecule has 1 atom stereocenters. The van der Waals surface area contributed by atoms with Crippen molar-refractivity contribution in [3.63, 3.8) is 0 Å². The molecule has 1 heterocycles. The maximum absolute atomic E-state index is 12.0. The van der Waals surface area contributed by atoms with Crippen LogP contribution in [0.25, 0.3) is 0 Å². The molecule has 7 heteroatoms. The van der Waals surface area contributed by atoms with Gasteiger partial charge in [0.2, 0.25) is 11.8 Å². The highest BCUT2D eigenvalue weighted by atomic mass is 32.2. The van der Waals surface area contributed by atoms with Crippen molar-refractivity contribution in [1.29, 1.82) is 0 Å². The van der Waals surface area contributed by atoms with Gasteiger partial charge in [-0.3, -0.25) is 9.59 Å². The van der Waals surface area contributed by atoms with Gasteiger partial charge in [0, 0.05) is 12.3 Å². The molecule has 0 aromatic heterocycles. The van der Waals surface area contributed by atoms with Gasteiger partial charge >= 0.3 is 0 Å². The number of hydrogen-bond donors (Lipinski definition) is 2. The Balaban J connectivity index is 1.83. The Bertz CT molecular complexity index is 550. The second-order valence-electron chi connectivity index (χ2n) is 4.87. The fourth-order valence-electron chi connectivity index (χ4n) is 2.18. The Hall–Kier alpha value is -1.89. The van der Waals surface area contributed by atoms with Gasteiger partial charge in [0.1, 0.15) is 6.04 Å². The van der Waals surface area contributed by atoms with Gasteiger partial charge in [-0.2, -0.15) is 0 Å². The number of ether oxygens (including phenoxy) is 2. The lowest BCUT2D eigenvalue weighted by molar-refractivity contribution is -0.127. The third-order valence-corrected chi connectivity index (χ3v) is 4.37. The summed E-state index contributed by atoms with van der Waals surface area (Å²) in [6, 6.07) is 5.24. The third-order valence-electron chi connectivity index (χ3n) is 3.33. The minimum absolute atomic E-state index is 0.0868. The molecule has 1 aromatic rings. The van der Waals surface area contributed by atoms with Crippen molar-refractivity contribution in [2.45, 2.75) is 12.5 Å². The van der Waals surface area contributed by atoms with Crippen molar-refractivity contribution in [2.75, 3.05) is 32.3 Å². The number of carbonyl (C=O) groups is 2. The molecule has 1 unspecified atom stereocenters. The van der Waals surface area contributed by atoms with Crippen LogP contribution in [0.5, 0.6) is 11.5 Å². The lowest BCUT2D eigenvalue weighted by Gasteiger charge is -2.22. The molecular formula is C15H20N2O4S. The van der Waals surface area contributed by atoms with Crippen LogP contribution in [0.2, 0.25) is 0 Å². The van der Waals surface area contributed by atoms with Crippen molar-refractivity contribution in [1.82, 2.24) is 10.6 Å². The van der Waals surface area contributed by atoms with Crippen LogP contribution in [0.15, 0.2) is 18.2 Å². The van der Waals surface area contributed by atoms with E-state index in [1.807, 2.05) is 18.2 Å². The number of carbonyl (C=O) groups excluding carboxylic acids is 2. The molecule has 120 valence electrons. The van der Waals surface area contributed by atoms with Gasteiger partial charge in [-0.1, -0.05) is 6.07 Å². The third kappa shape index (κ3) is 4.30. The second kappa shape index (κ2) is 7.93. The maximum atomic E-state index is 12.0. The fraction of sp³-hybridized carbons (Fsp3) is 0.467. The summed E-state index contributed by atoms with van der Waals surface area (Å²) in [5, 5.41) is 5.54. The van der Waals surface area contributed by atoms with Crippen molar-refractivity contribution < 1.29 is 19.1 Å². The molecule has 2 rings (SSSR count). The summed E-state index contributed by atoms with van der Waals surface area (Å²) in [5.74, 6) is 2.17. The maximum Gasteiger partial charge on any atom is 0.243 e. The molecule has 0 spiro atoms. The average molecular weight is 324 g/mol. The lowest BCUT2D eigenvalue weighted by atomic mass is 10.1. The second-order valence-corrected chi connectivity index (χ2v) is 5.90. The van der Waals surface area contributed by atoms with E-state index in [2.05, 4.69) is 10.6 Å². The van der Waals surface area contributed by atoms with E-state index in [0.29, 0.717) is 36.0 Å². The number of amides is 2. The van der Waals surface area contributed by atoms with Gasteiger partial charge in [0.05, 0.1) is 20.0 Å². The summed E-state index contributed by atoms with van der Waals surface area (Å²) in [6.45, 7) is 0.505. The monoisotopic (exact) mass is 324 g/mol. The fourth-order valence-corrected chi connectivity index (χ4v) is 3.03.